The van der Waals surface area contributed by atoms with Crippen molar-refractivity contribution in [2.24, 2.45) is 0 Å². The molecule has 1 amide bonds. The average Bonchev–Trinajstić information content (AvgIpc) is 2.90. The number of nitrogens with one attached hydrogen (secondary N) is 1. The van der Waals surface area contributed by atoms with E-state index in [1.165, 1.54) is 5.56 Å². The molecule has 0 unspecified atom stereocenters. The molecule has 4 aromatic rings. The number of amides is 1. The number of nitrogens with zero attached hydrogens (tertiary/aromatic N) is 2. The highest BCUT2D eigenvalue weighted by Gasteiger charge is 2.10. The lowest BCUT2D eigenvalue weighted by atomic mass is 10.1. The van der Waals surface area contributed by atoms with Crippen LogP contribution in [0.25, 0.3) is 11.4 Å². The van der Waals surface area contributed by atoms with Gasteiger partial charge in [-0.2, -0.15) is 4.98 Å². The Hall–Kier alpha value is -4.39. The number of carbonyl (C=O) groups is 1. The van der Waals surface area contributed by atoms with E-state index in [1.54, 1.807) is 36.5 Å². The third-order valence-electron chi connectivity index (χ3n) is 5.34. The summed E-state index contributed by atoms with van der Waals surface area (Å²) in [5.41, 5.74) is 3.54. The predicted molar refractivity (Wildman–Crippen MR) is 139 cm³/mol. The first-order valence-electron chi connectivity index (χ1n) is 11.9. The summed E-state index contributed by atoms with van der Waals surface area (Å²) >= 11 is 0. The molecule has 0 aliphatic carbocycles. The van der Waals surface area contributed by atoms with Gasteiger partial charge >= 0.3 is 0 Å². The second-order valence-corrected chi connectivity index (χ2v) is 8.04. The Morgan fingerprint density at radius 3 is 2.31 bits per heavy atom. The minimum atomic E-state index is -0.183. The van der Waals surface area contributed by atoms with Crippen LogP contribution in [-0.4, -0.2) is 29.1 Å². The Morgan fingerprint density at radius 2 is 1.58 bits per heavy atom. The van der Waals surface area contributed by atoms with Crippen LogP contribution in [-0.2, 0) is 6.54 Å². The van der Waals surface area contributed by atoms with Gasteiger partial charge in [-0.1, -0.05) is 35.9 Å². The van der Waals surface area contributed by atoms with Crippen molar-refractivity contribution in [1.82, 2.24) is 15.3 Å². The van der Waals surface area contributed by atoms with Gasteiger partial charge in [0.05, 0.1) is 13.2 Å². The number of hydrogen-bond acceptors (Lipinski definition) is 6. The highest BCUT2D eigenvalue weighted by Crippen LogP contribution is 2.28. The standard InChI is InChI=1S/C29H29N3O4/c1-4-34-25-15-8-21(18-26(25)35-5-2)19-31-29(33)23-11-13-24(14-12-23)36-27-16-17-30-28(32-27)22-9-6-20(3)7-10-22/h6-18H,4-5,19H2,1-3H3,(H,31,33). The van der Waals surface area contributed by atoms with E-state index in [9.17, 15) is 4.79 Å². The highest BCUT2D eigenvalue weighted by atomic mass is 16.5. The summed E-state index contributed by atoms with van der Waals surface area (Å²) in [5, 5.41) is 2.94. The Bertz CT molecular complexity index is 1310. The summed E-state index contributed by atoms with van der Waals surface area (Å²) in [6.45, 7) is 7.34. The maximum atomic E-state index is 12.7. The lowest BCUT2D eigenvalue weighted by Crippen LogP contribution is -2.22. The van der Waals surface area contributed by atoms with Crippen LogP contribution < -0.4 is 19.5 Å². The molecule has 0 bridgehead atoms. The van der Waals surface area contributed by atoms with Gasteiger partial charge in [-0.3, -0.25) is 4.79 Å². The zero-order valence-electron chi connectivity index (χ0n) is 20.7. The number of aromatic nitrogens is 2. The topological polar surface area (TPSA) is 82.6 Å². The Labute approximate surface area is 211 Å². The molecule has 0 fully saturated rings. The van der Waals surface area contributed by atoms with Crippen molar-refractivity contribution < 1.29 is 19.0 Å². The molecule has 0 radical (unpaired) electrons. The minimum Gasteiger partial charge on any atom is -0.490 e. The van der Waals surface area contributed by atoms with E-state index in [1.807, 2.05) is 63.2 Å². The van der Waals surface area contributed by atoms with E-state index in [4.69, 9.17) is 14.2 Å². The van der Waals surface area contributed by atoms with E-state index in [2.05, 4.69) is 15.3 Å². The van der Waals surface area contributed by atoms with Crippen molar-refractivity contribution in [3.8, 4) is 34.5 Å². The molecule has 0 spiro atoms. The van der Waals surface area contributed by atoms with E-state index in [0.29, 0.717) is 54.3 Å². The van der Waals surface area contributed by atoms with Crippen LogP contribution >= 0.6 is 0 Å². The van der Waals surface area contributed by atoms with Crippen LogP contribution in [0.3, 0.4) is 0 Å². The van der Waals surface area contributed by atoms with Crippen molar-refractivity contribution in [2.75, 3.05) is 13.2 Å². The van der Waals surface area contributed by atoms with Crippen LogP contribution in [0.4, 0.5) is 0 Å². The molecule has 1 N–H and O–H groups in total. The second kappa shape index (κ2) is 11.8. The monoisotopic (exact) mass is 483 g/mol. The Balaban J connectivity index is 1.37. The summed E-state index contributed by atoms with van der Waals surface area (Å²) < 4.78 is 17.1. The van der Waals surface area contributed by atoms with Gasteiger partial charge in [0.15, 0.2) is 17.3 Å². The first-order valence-corrected chi connectivity index (χ1v) is 11.9. The van der Waals surface area contributed by atoms with Gasteiger partial charge < -0.3 is 19.5 Å². The molecule has 0 aliphatic rings. The van der Waals surface area contributed by atoms with Crippen LogP contribution in [0, 0.1) is 6.92 Å². The van der Waals surface area contributed by atoms with Gasteiger partial charge in [0.1, 0.15) is 5.75 Å². The molecule has 3 aromatic carbocycles. The normalized spacial score (nSPS) is 10.5. The fourth-order valence-corrected chi connectivity index (χ4v) is 3.53. The van der Waals surface area contributed by atoms with Crippen molar-refractivity contribution in [3.63, 3.8) is 0 Å². The molecule has 0 saturated carbocycles. The van der Waals surface area contributed by atoms with Crippen molar-refractivity contribution in [2.45, 2.75) is 27.3 Å². The molecule has 1 aromatic heterocycles. The highest BCUT2D eigenvalue weighted by molar-refractivity contribution is 5.94. The van der Waals surface area contributed by atoms with Gasteiger partial charge in [-0.15, -0.1) is 0 Å². The maximum Gasteiger partial charge on any atom is 0.251 e. The van der Waals surface area contributed by atoms with E-state index in [-0.39, 0.29) is 5.91 Å². The maximum absolute atomic E-state index is 12.7. The molecule has 7 nitrogen and oxygen atoms in total. The van der Waals surface area contributed by atoms with Crippen molar-refractivity contribution >= 4 is 5.91 Å². The van der Waals surface area contributed by atoms with Crippen molar-refractivity contribution in [1.29, 1.82) is 0 Å². The van der Waals surface area contributed by atoms with Crippen LogP contribution in [0.15, 0.2) is 79.0 Å². The summed E-state index contributed by atoms with van der Waals surface area (Å²) in [4.78, 5) is 21.5. The summed E-state index contributed by atoms with van der Waals surface area (Å²) in [5.74, 6) is 2.77. The van der Waals surface area contributed by atoms with E-state index < -0.39 is 0 Å². The summed E-state index contributed by atoms with van der Waals surface area (Å²) in [6, 6.07) is 22.3. The molecule has 36 heavy (non-hydrogen) atoms. The SMILES string of the molecule is CCOc1ccc(CNC(=O)c2ccc(Oc3ccnc(-c4ccc(C)cc4)n3)cc2)cc1OCC. The predicted octanol–water partition coefficient (Wildman–Crippen LogP) is 5.97. The zero-order chi connectivity index (χ0) is 25.3. The third kappa shape index (κ3) is 6.39. The summed E-state index contributed by atoms with van der Waals surface area (Å²) in [6.07, 6.45) is 1.66. The largest absolute Gasteiger partial charge is 0.490 e. The lowest BCUT2D eigenvalue weighted by molar-refractivity contribution is 0.0951. The first-order chi connectivity index (χ1) is 17.6. The third-order valence-corrected chi connectivity index (χ3v) is 5.34. The fraction of sp³-hybridized carbons (Fsp3) is 0.207. The molecule has 0 atom stereocenters. The fourth-order valence-electron chi connectivity index (χ4n) is 3.53. The smallest absolute Gasteiger partial charge is 0.251 e. The average molecular weight is 484 g/mol. The summed E-state index contributed by atoms with van der Waals surface area (Å²) in [7, 11) is 0. The van der Waals surface area contributed by atoms with Gasteiger partial charge in [0.25, 0.3) is 5.91 Å². The number of ether oxygens (including phenoxy) is 3. The van der Waals surface area contributed by atoms with Gasteiger partial charge in [-0.05, 0) is 62.7 Å². The van der Waals surface area contributed by atoms with Crippen LogP contribution in [0.1, 0.15) is 35.3 Å². The minimum absolute atomic E-state index is 0.183. The van der Waals surface area contributed by atoms with Crippen molar-refractivity contribution in [3.05, 3.63) is 95.7 Å². The van der Waals surface area contributed by atoms with E-state index >= 15 is 0 Å². The van der Waals surface area contributed by atoms with Gasteiger partial charge in [0, 0.05) is 29.9 Å². The van der Waals surface area contributed by atoms with Crippen LogP contribution in [0.2, 0.25) is 0 Å². The Kier molecular flexibility index (Phi) is 8.13. The molecule has 1 heterocycles. The van der Waals surface area contributed by atoms with E-state index in [0.717, 1.165) is 11.1 Å². The second-order valence-electron chi connectivity index (χ2n) is 8.04. The molecule has 4 rings (SSSR count). The lowest BCUT2D eigenvalue weighted by Gasteiger charge is -2.13. The molecule has 184 valence electrons. The number of hydrogen-bond donors (Lipinski definition) is 1. The number of benzene rings is 3. The van der Waals surface area contributed by atoms with Gasteiger partial charge in [0.2, 0.25) is 5.88 Å². The quantitative estimate of drug-likeness (QED) is 0.299. The number of carbonyl (C=O) groups excluding carboxylic acids is 1. The molecule has 0 saturated heterocycles. The Morgan fingerprint density at radius 1 is 0.861 bits per heavy atom. The molecule has 7 heteroatoms. The molecular weight excluding hydrogens is 454 g/mol. The molecule has 0 aliphatic heterocycles. The first kappa shape index (κ1) is 24.7. The van der Waals surface area contributed by atoms with Crippen LogP contribution in [0.5, 0.6) is 23.1 Å². The zero-order valence-corrected chi connectivity index (χ0v) is 20.7. The molecular formula is C29H29N3O4. The van der Waals surface area contributed by atoms with Gasteiger partial charge in [-0.25, -0.2) is 4.98 Å². The number of rotatable bonds is 10. The number of aryl methyl sites for hydroxylation is 1.